The Bertz CT molecular complexity index is 457. The first-order chi connectivity index (χ1) is 8.66. The summed E-state index contributed by atoms with van der Waals surface area (Å²) in [6, 6.07) is 3.44. The Balaban J connectivity index is 1.82. The van der Waals surface area contributed by atoms with Crippen molar-refractivity contribution in [2.75, 3.05) is 6.61 Å². The first kappa shape index (κ1) is 12.3. The van der Waals surface area contributed by atoms with E-state index < -0.39 is 5.97 Å². The Morgan fingerprint density at radius 1 is 1.50 bits per heavy atom. The molecule has 0 aromatic carbocycles. The van der Waals surface area contributed by atoms with Crippen LogP contribution in [-0.4, -0.2) is 34.6 Å². The molecule has 1 aromatic heterocycles. The number of nitrogens with one attached hydrogen (secondary N) is 1. The number of carboxylic acids is 1. The van der Waals surface area contributed by atoms with Gasteiger partial charge in [0.2, 0.25) is 5.91 Å². The predicted molar refractivity (Wildman–Crippen MR) is 62.5 cm³/mol. The zero-order chi connectivity index (χ0) is 13.0. The highest BCUT2D eigenvalue weighted by atomic mass is 16.5. The molecule has 1 fully saturated rings. The van der Waals surface area contributed by atoms with Gasteiger partial charge < -0.3 is 15.2 Å². The van der Waals surface area contributed by atoms with Gasteiger partial charge in [-0.3, -0.25) is 4.79 Å². The maximum absolute atomic E-state index is 11.4. The number of pyridine rings is 1. The molecular weight excluding hydrogens is 236 g/mol. The van der Waals surface area contributed by atoms with E-state index in [4.69, 9.17) is 9.84 Å². The number of aromatic nitrogens is 1. The fourth-order valence-corrected chi connectivity index (χ4v) is 1.45. The standard InChI is InChI=1S/C12H14N2O4/c15-10(14-8-3-4-8)5-7-18-9-2-1-6-13-11(9)12(16)17/h1-2,6,8H,3-5,7H2,(H,14,15)(H,16,17). The van der Waals surface area contributed by atoms with Gasteiger partial charge in [0.25, 0.3) is 0 Å². The average molecular weight is 250 g/mol. The van der Waals surface area contributed by atoms with E-state index in [0.717, 1.165) is 12.8 Å². The second kappa shape index (κ2) is 5.48. The van der Waals surface area contributed by atoms with Gasteiger partial charge in [0.15, 0.2) is 11.4 Å². The molecule has 1 amide bonds. The molecule has 0 radical (unpaired) electrons. The highest BCUT2D eigenvalue weighted by Crippen LogP contribution is 2.19. The SMILES string of the molecule is O=C(CCOc1cccnc1C(=O)O)NC1CC1. The normalized spacial score (nSPS) is 14.0. The van der Waals surface area contributed by atoms with Crippen LogP contribution in [0.4, 0.5) is 0 Å². The smallest absolute Gasteiger partial charge is 0.358 e. The molecule has 0 aliphatic heterocycles. The summed E-state index contributed by atoms with van der Waals surface area (Å²) in [6.07, 6.45) is 3.68. The van der Waals surface area contributed by atoms with Crippen molar-refractivity contribution >= 4 is 11.9 Å². The molecule has 2 N–H and O–H groups in total. The average Bonchev–Trinajstić information content (AvgIpc) is 3.13. The van der Waals surface area contributed by atoms with Gasteiger partial charge in [0.1, 0.15) is 0 Å². The number of nitrogens with zero attached hydrogens (tertiary/aromatic N) is 1. The summed E-state index contributed by atoms with van der Waals surface area (Å²) in [5, 5.41) is 11.7. The lowest BCUT2D eigenvalue weighted by molar-refractivity contribution is -0.121. The number of ether oxygens (including phenoxy) is 1. The van der Waals surface area contributed by atoms with E-state index in [1.54, 1.807) is 6.07 Å². The summed E-state index contributed by atoms with van der Waals surface area (Å²) in [7, 11) is 0. The van der Waals surface area contributed by atoms with Crippen molar-refractivity contribution in [3.05, 3.63) is 24.0 Å². The van der Waals surface area contributed by atoms with E-state index >= 15 is 0 Å². The topological polar surface area (TPSA) is 88.5 Å². The molecule has 96 valence electrons. The monoisotopic (exact) mass is 250 g/mol. The Kier molecular flexibility index (Phi) is 3.76. The number of hydrogen-bond acceptors (Lipinski definition) is 4. The molecule has 6 nitrogen and oxygen atoms in total. The summed E-state index contributed by atoms with van der Waals surface area (Å²) < 4.78 is 5.27. The third-order valence-corrected chi connectivity index (χ3v) is 2.50. The van der Waals surface area contributed by atoms with Gasteiger partial charge in [-0.1, -0.05) is 0 Å². The van der Waals surface area contributed by atoms with Crippen molar-refractivity contribution in [2.45, 2.75) is 25.3 Å². The van der Waals surface area contributed by atoms with Gasteiger partial charge in [0.05, 0.1) is 13.0 Å². The van der Waals surface area contributed by atoms with Crippen molar-refractivity contribution in [1.82, 2.24) is 10.3 Å². The molecule has 1 heterocycles. The third-order valence-electron chi connectivity index (χ3n) is 2.50. The minimum atomic E-state index is -1.15. The van der Waals surface area contributed by atoms with Crippen LogP contribution in [0, 0.1) is 0 Å². The van der Waals surface area contributed by atoms with Crippen molar-refractivity contribution < 1.29 is 19.4 Å². The van der Waals surface area contributed by atoms with E-state index in [-0.39, 0.29) is 30.4 Å². The summed E-state index contributed by atoms with van der Waals surface area (Å²) in [4.78, 5) is 25.9. The van der Waals surface area contributed by atoms with Gasteiger partial charge in [-0.25, -0.2) is 9.78 Å². The van der Waals surface area contributed by atoms with Crippen LogP contribution in [0.15, 0.2) is 18.3 Å². The molecular formula is C12H14N2O4. The number of amides is 1. The highest BCUT2D eigenvalue weighted by molar-refractivity contribution is 5.88. The maximum atomic E-state index is 11.4. The molecule has 1 aliphatic carbocycles. The van der Waals surface area contributed by atoms with Crippen LogP contribution in [0.2, 0.25) is 0 Å². The lowest BCUT2D eigenvalue weighted by atomic mass is 10.3. The third kappa shape index (κ3) is 3.44. The van der Waals surface area contributed by atoms with Gasteiger partial charge in [0, 0.05) is 12.2 Å². The predicted octanol–water partition coefficient (Wildman–Crippen LogP) is 0.827. The van der Waals surface area contributed by atoms with Crippen LogP contribution in [0.3, 0.4) is 0 Å². The number of carbonyl (C=O) groups is 2. The van der Waals surface area contributed by atoms with Crippen LogP contribution in [0.1, 0.15) is 29.8 Å². The van der Waals surface area contributed by atoms with Crippen LogP contribution in [0.25, 0.3) is 0 Å². The van der Waals surface area contributed by atoms with Gasteiger partial charge in [-0.2, -0.15) is 0 Å². The van der Waals surface area contributed by atoms with Gasteiger partial charge in [-0.15, -0.1) is 0 Å². The summed E-state index contributed by atoms with van der Waals surface area (Å²) >= 11 is 0. The molecule has 1 aliphatic rings. The van der Waals surface area contributed by atoms with Crippen molar-refractivity contribution in [3.8, 4) is 5.75 Å². The van der Waals surface area contributed by atoms with E-state index in [0.29, 0.717) is 6.04 Å². The zero-order valence-corrected chi connectivity index (χ0v) is 9.76. The highest BCUT2D eigenvalue weighted by Gasteiger charge is 2.23. The van der Waals surface area contributed by atoms with Crippen LogP contribution in [-0.2, 0) is 4.79 Å². The summed E-state index contributed by atoms with van der Waals surface area (Å²) in [5.74, 6) is -1.03. The van der Waals surface area contributed by atoms with Crippen molar-refractivity contribution in [3.63, 3.8) is 0 Å². The lowest BCUT2D eigenvalue weighted by Gasteiger charge is -2.08. The fourth-order valence-electron chi connectivity index (χ4n) is 1.45. The van der Waals surface area contributed by atoms with E-state index in [9.17, 15) is 9.59 Å². The quantitative estimate of drug-likeness (QED) is 0.780. The fraction of sp³-hybridized carbons (Fsp3) is 0.417. The minimum absolute atomic E-state index is 0.0711. The molecule has 0 saturated heterocycles. The van der Waals surface area contributed by atoms with Crippen LogP contribution >= 0.6 is 0 Å². The summed E-state index contributed by atoms with van der Waals surface area (Å²) in [6.45, 7) is 0.143. The first-order valence-electron chi connectivity index (χ1n) is 5.77. The van der Waals surface area contributed by atoms with Crippen LogP contribution < -0.4 is 10.1 Å². The molecule has 18 heavy (non-hydrogen) atoms. The molecule has 0 atom stereocenters. The Morgan fingerprint density at radius 3 is 2.94 bits per heavy atom. The van der Waals surface area contributed by atoms with Crippen molar-refractivity contribution in [1.29, 1.82) is 0 Å². The lowest BCUT2D eigenvalue weighted by Crippen LogP contribution is -2.26. The van der Waals surface area contributed by atoms with E-state index in [1.165, 1.54) is 12.3 Å². The van der Waals surface area contributed by atoms with Crippen LogP contribution in [0.5, 0.6) is 5.75 Å². The second-order valence-electron chi connectivity index (χ2n) is 4.10. The molecule has 0 unspecified atom stereocenters. The molecule has 0 bridgehead atoms. The van der Waals surface area contributed by atoms with Crippen molar-refractivity contribution in [2.24, 2.45) is 0 Å². The zero-order valence-electron chi connectivity index (χ0n) is 9.76. The molecule has 1 aromatic rings. The van der Waals surface area contributed by atoms with E-state index in [1.807, 2.05) is 0 Å². The van der Waals surface area contributed by atoms with Gasteiger partial charge >= 0.3 is 5.97 Å². The Labute approximate surface area is 104 Å². The largest absolute Gasteiger partial charge is 0.490 e. The number of hydrogen-bond donors (Lipinski definition) is 2. The Hall–Kier alpha value is -2.11. The maximum Gasteiger partial charge on any atom is 0.358 e. The molecule has 0 spiro atoms. The number of aromatic carboxylic acids is 1. The molecule has 6 heteroatoms. The summed E-state index contributed by atoms with van der Waals surface area (Å²) in [5.41, 5.74) is -0.139. The van der Waals surface area contributed by atoms with E-state index in [2.05, 4.69) is 10.3 Å². The van der Waals surface area contributed by atoms with Gasteiger partial charge in [-0.05, 0) is 25.0 Å². The number of rotatable bonds is 6. The molecule has 1 saturated carbocycles. The minimum Gasteiger partial charge on any atom is -0.490 e. The second-order valence-corrected chi connectivity index (χ2v) is 4.10. The number of carboxylic acid groups (broad SMARTS) is 1. The molecule has 2 rings (SSSR count). The number of carbonyl (C=O) groups excluding carboxylic acids is 1. The first-order valence-corrected chi connectivity index (χ1v) is 5.77. The Morgan fingerprint density at radius 2 is 2.28 bits per heavy atom.